The van der Waals surface area contributed by atoms with Crippen LogP contribution in [0.2, 0.25) is 0 Å². The van der Waals surface area contributed by atoms with Crippen molar-refractivity contribution in [3.63, 3.8) is 0 Å². The van der Waals surface area contributed by atoms with Crippen LogP contribution in [0.5, 0.6) is 5.75 Å². The molecule has 0 radical (unpaired) electrons. The third kappa shape index (κ3) is 5.44. The Hall–Kier alpha value is -3.91. The van der Waals surface area contributed by atoms with Crippen molar-refractivity contribution >= 4 is 27.1 Å². The third-order valence-electron chi connectivity index (χ3n) is 4.93. The highest BCUT2D eigenvalue weighted by atomic mass is 32.2. The lowest BCUT2D eigenvalue weighted by Crippen LogP contribution is -2.18. The molecule has 0 fully saturated rings. The first-order valence-electron chi connectivity index (χ1n) is 10.2. The van der Waals surface area contributed by atoms with E-state index in [1.165, 1.54) is 36.1 Å². The van der Waals surface area contributed by atoms with E-state index in [9.17, 15) is 27.1 Å². The summed E-state index contributed by atoms with van der Waals surface area (Å²) in [6.07, 6.45) is 4.58. The zero-order valence-electron chi connectivity index (χ0n) is 18.2. The first kappa shape index (κ1) is 24.2. The van der Waals surface area contributed by atoms with Crippen LogP contribution in [0.4, 0.5) is 14.5 Å². The molecule has 3 heterocycles. The van der Waals surface area contributed by atoms with Crippen LogP contribution in [0.3, 0.4) is 0 Å². The van der Waals surface area contributed by atoms with Crippen molar-refractivity contribution in [3.8, 4) is 5.75 Å². The molecule has 11 nitrogen and oxygen atoms in total. The van der Waals surface area contributed by atoms with Gasteiger partial charge in [0.15, 0.2) is 15.5 Å². The fraction of sp³-hybridized carbons (Fsp3) is 0.238. The average Bonchev–Trinajstić information content (AvgIpc) is 3.40. The quantitative estimate of drug-likeness (QED) is 0.312. The van der Waals surface area contributed by atoms with Crippen molar-refractivity contribution in [2.24, 2.45) is 0 Å². The molecule has 14 heteroatoms. The van der Waals surface area contributed by atoms with Crippen LogP contribution in [0.25, 0.3) is 5.65 Å². The number of hydrogen-bond acceptors (Lipinski definition) is 8. The minimum atomic E-state index is -3.89. The van der Waals surface area contributed by atoms with E-state index in [4.69, 9.17) is 0 Å². The average molecular weight is 506 g/mol. The number of aromatic amines is 1. The van der Waals surface area contributed by atoms with Gasteiger partial charge in [-0.3, -0.25) is 9.89 Å². The number of halogens is 2. The molecule has 3 N–H and O–H groups in total. The second-order valence-corrected chi connectivity index (χ2v) is 9.65. The number of benzene rings is 1. The number of carbonyl (C=O) groups is 1. The fourth-order valence-corrected chi connectivity index (χ4v) is 4.86. The number of fused-ring (bicyclic) bond motifs is 1. The second kappa shape index (κ2) is 9.76. The molecule has 1 aromatic carbocycles. The number of aromatic nitrogens is 5. The maximum absolute atomic E-state index is 13.0. The molecule has 1 atom stereocenters. The summed E-state index contributed by atoms with van der Waals surface area (Å²) in [5, 5.41) is 22.8. The molecular weight excluding hydrogens is 486 g/mol. The Kier molecular flexibility index (Phi) is 6.75. The van der Waals surface area contributed by atoms with Crippen molar-refractivity contribution in [3.05, 3.63) is 65.9 Å². The summed E-state index contributed by atoms with van der Waals surface area (Å²) in [5.41, 5.74) is 1.19. The van der Waals surface area contributed by atoms with Gasteiger partial charge in [-0.2, -0.15) is 19.0 Å². The highest BCUT2D eigenvalue weighted by Gasteiger charge is 2.22. The van der Waals surface area contributed by atoms with Crippen LogP contribution in [0, 0.1) is 0 Å². The molecule has 0 aliphatic carbocycles. The summed E-state index contributed by atoms with van der Waals surface area (Å²) in [6.45, 7) is -1.82. The predicted molar refractivity (Wildman–Crippen MR) is 119 cm³/mol. The number of aliphatic hydroxyl groups is 1. The molecule has 35 heavy (non-hydrogen) atoms. The van der Waals surface area contributed by atoms with Crippen LogP contribution >= 0.6 is 0 Å². The third-order valence-corrected chi connectivity index (χ3v) is 6.82. The molecule has 3 aromatic heterocycles. The van der Waals surface area contributed by atoms with Gasteiger partial charge in [0.25, 0.3) is 5.91 Å². The largest absolute Gasteiger partial charge is 0.435 e. The molecule has 0 saturated carbocycles. The van der Waals surface area contributed by atoms with Crippen LogP contribution in [-0.4, -0.2) is 62.7 Å². The smallest absolute Gasteiger partial charge is 0.387 e. The van der Waals surface area contributed by atoms with Gasteiger partial charge < -0.3 is 15.2 Å². The molecular formula is C21H20F2N6O5S. The molecule has 0 unspecified atom stereocenters. The Morgan fingerprint density at radius 3 is 2.86 bits per heavy atom. The van der Waals surface area contributed by atoms with E-state index in [-0.39, 0.29) is 33.9 Å². The van der Waals surface area contributed by atoms with Crippen molar-refractivity contribution in [1.82, 2.24) is 24.8 Å². The molecule has 1 amide bonds. The van der Waals surface area contributed by atoms with Gasteiger partial charge in [-0.15, -0.1) is 0 Å². The zero-order chi connectivity index (χ0) is 25.2. The Balaban J connectivity index is 1.63. The SMILES string of the molecule is C[C@H](O)CS(=O)(=O)c1ccc(OC(F)F)c(Cc2[nH]ncc2NC(=O)c2cnn3cccnc23)c1. The van der Waals surface area contributed by atoms with Crippen molar-refractivity contribution in [1.29, 1.82) is 0 Å². The number of nitrogens with zero attached hydrogens (tertiary/aromatic N) is 4. The summed E-state index contributed by atoms with van der Waals surface area (Å²) < 4.78 is 57.0. The summed E-state index contributed by atoms with van der Waals surface area (Å²) in [4.78, 5) is 16.8. The van der Waals surface area contributed by atoms with Gasteiger partial charge in [0.2, 0.25) is 0 Å². The Morgan fingerprint density at radius 1 is 1.31 bits per heavy atom. The van der Waals surface area contributed by atoms with Crippen molar-refractivity contribution in [2.45, 2.75) is 31.0 Å². The standard InChI is InChI=1S/C21H20F2N6O5S/c1-12(30)11-35(32,33)14-3-4-18(34-21(22)23)13(7-14)8-16-17(10-25-28-16)27-20(31)15-9-26-29-6-2-5-24-19(15)29/h2-7,9-10,12,21,30H,8,11H2,1H3,(H,25,28)(H,27,31)/t12-/m0/s1. The first-order valence-corrected chi connectivity index (χ1v) is 11.9. The number of sulfone groups is 1. The minimum absolute atomic E-state index is 0.106. The van der Waals surface area contributed by atoms with E-state index < -0.39 is 34.2 Å². The van der Waals surface area contributed by atoms with E-state index in [2.05, 4.69) is 30.3 Å². The zero-order valence-corrected chi connectivity index (χ0v) is 19.0. The lowest BCUT2D eigenvalue weighted by molar-refractivity contribution is -0.0504. The van der Waals surface area contributed by atoms with Crippen LogP contribution in [-0.2, 0) is 16.3 Å². The fourth-order valence-electron chi connectivity index (χ4n) is 3.43. The maximum atomic E-state index is 13.0. The van der Waals surface area contributed by atoms with E-state index in [0.717, 1.165) is 12.1 Å². The van der Waals surface area contributed by atoms with E-state index in [0.29, 0.717) is 11.3 Å². The van der Waals surface area contributed by atoms with Crippen LogP contribution in [0.1, 0.15) is 28.5 Å². The van der Waals surface area contributed by atoms with Gasteiger partial charge in [-0.25, -0.2) is 17.9 Å². The number of nitrogens with one attached hydrogen (secondary N) is 2. The van der Waals surface area contributed by atoms with Gasteiger partial charge in [0.1, 0.15) is 11.3 Å². The predicted octanol–water partition coefficient (Wildman–Crippen LogP) is 2.05. The molecule has 0 saturated heterocycles. The Morgan fingerprint density at radius 2 is 2.11 bits per heavy atom. The number of carbonyl (C=O) groups excluding carboxylic acids is 1. The summed E-state index contributed by atoms with van der Waals surface area (Å²) in [7, 11) is -3.89. The highest BCUT2D eigenvalue weighted by Crippen LogP contribution is 2.29. The van der Waals surface area contributed by atoms with Gasteiger partial charge in [-0.1, -0.05) is 0 Å². The molecule has 4 rings (SSSR count). The lowest BCUT2D eigenvalue weighted by atomic mass is 10.1. The molecule has 0 aliphatic rings. The normalized spacial score (nSPS) is 12.7. The minimum Gasteiger partial charge on any atom is -0.435 e. The number of ether oxygens (including phenoxy) is 1. The number of H-pyrrole nitrogens is 1. The number of aliphatic hydroxyl groups excluding tert-OH is 1. The topological polar surface area (TPSA) is 152 Å². The van der Waals surface area contributed by atoms with Gasteiger partial charge >= 0.3 is 6.61 Å². The summed E-state index contributed by atoms with van der Waals surface area (Å²) in [6, 6.07) is 5.10. The Bertz CT molecular complexity index is 1470. The molecule has 0 aliphatic heterocycles. The number of anilines is 1. The lowest BCUT2D eigenvalue weighted by Gasteiger charge is -2.14. The van der Waals surface area contributed by atoms with Gasteiger partial charge in [-0.05, 0) is 31.2 Å². The van der Waals surface area contributed by atoms with E-state index in [1.54, 1.807) is 12.3 Å². The van der Waals surface area contributed by atoms with Crippen LogP contribution < -0.4 is 10.1 Å². The molecule has 4 aromatic rings. The Labute approximate surface area is 197 Å². The first-order chi connectivity index (χ1) is 16.6. The molecule has 0 bridgehead atoms. The van der Waals surface area contributed by atoms with Crippen molar-refractivity contribution in [2.75, 3.05) is 11.1 Å². The number of amides is 1. The number of rotatable bonds is 9. The molecule has 184 valence electrons. The second-order valence-electron chi connectivity index (χ2n) is 7.62. The van der Waals surface area contributed by atoms with E-state index >= 15 is 0 Å². The van der Waals surface area contributed by atoms with E-state index in [1.807, 2.05) is 0 Å². The van der Waals surface area contributed by atoms with Gasteiger partial charge in [0.05, 0.1) is 40.5 Å². The summed E-state index contributed by atoms with van der Waals surface area (Å²) >= 11 is 0. The molecule has 0 spiro atoms. The van der Waals surface area contributed by atoms with Gasteiger partial charge in [0, 0.05) is 24.4 Å². The monoisotopic (exact) mass is 506 g/mol. The van der Waals surface area contributed by atoms with Crippen molar-refractivity contribution < 1.29 is 31.8 Å². The summed E-state index contributed by atoms with van der Waals surface area (Å²) in [5.74, 6) is -1.31. The number of alkyl halides is 2. The highest BCUT2D eigenvalue weighted by molar-refractivity contribution is 7.91. The maximum Gasteiger partial charge on any atom is 0.387 e. The number of hydrogen-bond donors (Lipinski definition) is 3. The van der Waals surface area contributed by atoms with Crippen LogP contribution in [0.15, 0.2) is 53.9 Å².